The average Bonchev–Trinajstić information content (AvgIpc) is 2.95. The molecule has 0 saturated carbocycles. The highest BCUT2D eigenvalue weighted by atomic mass is 19.1. The van der Waals surface area contributed by atoms with Crippen molar-refractivity contribution in [2.75, 3.05) is 13.7 Å². The molecule has 4 aromatic rings. The standard InChI is InChI=1S/C29H26FN3O6/c1-3-37-29(36)22-26(38-16-18-7-5-4-6-8-18)23-24-25(39-21(27(34)31-2)15-33(24)28(22)35)19(14-32-23)13-17-9-11-20(30)12-10-17/h4-12,14,21H,3,13,15-16H2,1-2H3,(H,31,34)/t21-/m1/s1. The van der Waals surface area contributed by atoms with Gasteiger partial charge in [0.25, 0.3) is 11.5 Å². The maximum Gasteiger partial charge on any atom is 0.347 e. The predicted octanol–water partition coefficient (Wildman–Crippen LogP) is 3.39. The summed E-state index contributed by atoms with van der Waals surface area (Å²) in [5, 5.41) is 2.55. The minimum absolute atomic E-state index is 0.0230. The third kappa shape index (κ3) is 5.05. The van der Waals surface area contributed by atoms with Gasteiger partial charge in [0.2, 0.25) is 0 Å². The van der Waals surface area contributed by atoms with E-state index in [1.54, 1.807) is 25.3 Å². The number of benzene rings is 2. The Morgan fingerprint density at radius 3 is 2.56 bits per heavy atom. The van der Waals surface area contributed by atoms with E-state index in [-0.39, 0.29) is 48.2 Å². The van der Waals surface area contributed by atoms with Gasteiger partial charge in [-0.25, -0.2) is 9.18 Å². The lowest BCUT2D eigenvalue weighted by Crippen LogP contribution is -2.45. The molecule has 0 radical (unpaired) electrons. The Labute approximate surface area is 223 Å². The number of carbonyl (C=O) groups is 2. The number of ether oxygens (including phenoxy) is 3. The monoisotopic (exact) mass is 531 g/mol. The van der Waals surface area contributed by atoms with Crippen molar-refractivity contribution in [3.05, 3.63) is 99.2 Å². The minimum atomic E-state index is -1.04. The molecule has 10 heteroatoms. The molecule has 200 valence electrons. The largest absolute Gasteiger partial charge is 0.485 e. The van der Waals surface area contributed by atoms with Crippen LogP contribution in [0, 0.1) is 5.82 Å². The number of carbonyl (C=O) groups excluding carboxylic acids is 2. The summed E-state index contributed by atoms with van der Waals surface area (Å²) in [5.41, 5.74) is 1.72. The van der Waals surface area contributed by atoms with E-state index in [1.165, 1.54) is 23.7 Å². The van der Waals surface area contributed by atoms with Gasteiger partial charge in [-0.3, -0.25) is 19.1 Å². The molecular formula is C29H26FN3O6. The van der Waals surface area contributed by atoms with Gasteiger partial charge in [-0.2, -0.15) is 0 Å². The number of hydrogen-bond acceptors (Lipinski definition) is 7. The molecule has 1 atom stereocenters. The van der Waals surface area contributed by atoms with Crippen LogP contribution >= 0.6 is 0 Å². The second-order valence-electron chi connectivity index (χ2n) is 8.95. The number of likely N-dealkylation sites (N-methyl/N-ethyl adjacent to an activating group) is 1. The Morgan fingerprint density at radius 1 is 1.13 bits per heavy atom. The number of aromatic nitrogens is 2. The number of halogens is 1. The Balaban J connectivity index is 1.72. The zero-order valence-electron chi connectivity index (χ0n) is 21.4. The lowest BCUT2D eigenvalue weighted by Gasteiger charge is -2.29. The van der Waals surface area contributed by atoms with E-state index in [1.807, 2.05) is 30.3 Å². The van der Waals surface area contributed by atoms with Crippen molar-refractivity contribution in [1.82, 2.24) is 14.9 Å². The number of hydrogen-bond donors (Lipinski definition) is 1. The minimum Gasteiger partial charge on any atom is -0.485 e. The first kappa shape index (κ1) is 25.9. The SMILES string of the molecule is CCOC(=O)c1c(OCc2ccccc2)c2ncc(Cc3ccc(F)cc3)c3c2n(c1=O)C[C@H](C(=O)NC)O3. The first-order valence-electron chi connectivity index (χ1n) is 12.5. The quantitative estimate of drug-likeness (QED) is 0.347. The van der Waals surface area contributed by atoms with Crippen molar-refractivity contribution in [1.29, 1.82) is 0 Å². The Bertz CT molecular complexity index is 1600. The molecular weight excluding hydrogens is 505 g/mol. The Morgan fingerprint density at radius 2 is 1.87 bits per heavy atom. The van der Waals surface area contributed by atoms with Crippen molar-refractivity contribution in [3.8, 4) is 11.5 Å². The van der Waals surface area contributed by atoms with Crippen LogP contribution in [0.25, 0.3) is 11.0 Å². The zero-order valence-corrected chi connectivity index (χ0v) is 21.4. The molecule has 0 spiro atoms. The molecule has 1 N–H and O–H groups in total. The van der Waals surface area contributed by atoms with E-state index < -0.39 is 23.5 Å². The van der Waals surface area contributed by atoms with Crippen molar-refractivity contribution >= 4 is 22.9 Å². The van der Waals surface area contributed by atoms with Crippen LogP contribution in [0.3, 0.4) is 0 Å². The van der Waals surface area contributed by atoms with Crippen LogP contribution in [0.15, 0.2) is 65.6 Å². The van der Waals surface area contributed by atoms with Gasteiger partial charge in [-0.05, 0) is 30.2 Å². The summed E-state index contributed by atoms with van der Waals surface area (Å²) in [5.74, 6) is -1.41. The van der Waals surface area contributed by atoms with Gasteiger partial charge in [0, 0.05) is 25.2 Å². The summed E-state index contributed by atoms with van der Waals surface area (Å²) in [6.45, 7) is 1.61. The van der Waals surface area contributed by atoms with Gasteiger partial charge in [0.1, 0.15) is 23.5 Å². The molecule has 9 nitrogen and oxygen atoms in total. The normalized spacial score (nSPS) is 14.0. The molecule has 0 bridgehead atoms. The number of rotatable bonds is 8. The summed E-state index contributed by atoms with van der Waals surface area (Å²) >= 11 is 0. The van der Waals surface area contributed by atoms with Crippen LogP contribution in [0.5, 0.6) is 11.5 Å². The summed E-state index contributed by atoms with van der Waals surface area (Å²) in [7, 11) is 1.47. The second-order valence-corrected chi connectivity index (χ2v) is 8.95. The first-order valence-corrected chi connectivity index (χ1v) is 12.5. The highest BCUT2D eigenvalue weighted by molar-refractivity contribution is 6.00. The number of amides is 1. The summed E-state index contributed by atoms with van der Waals surface area (Å²) in [4.78, 5) is 44.1. The molecule has 2 aromatic heterocycles. The van der Waals surface area contributed by atoms with Crippen molar-refractivity contribution in [2.45, 2.75) is 32.6 Å². The van der Waals surface area contributed by atoms with Gasteiger partial charge in [0.15, 0.2) is 23.2 Å². The fourth-order valence-corrected chi connectivity index (χ4v) is 4.54. The lowest BCUT2D eigenvalue weighted by molar-refractivity contribution is -0.128. The molecule has 0 aliphatic carbocycles. The van der Waals surface area contributed by atoms with Gasteiger partial charge >= 0.3 is 5.97 Å². The van der Waals surface area contributed by atoms with Crippen LogP contribution in [0.4, 0.5) is 4.39 Å². The van der Waals surface area contributed by atoms with E-state index in [9.17, 15) is 18.8 Å². The van der Waals surface area contributed by atoms with Gasteiger partial charge in [0.05, 0.1) is 13.2 Å². The van der Waals surface area contributed by atoms with Crippen LogP contribution in [0.1, 0.15) is 34.0 Å². The smallest absolute Gasteiger partial charge is 0.347 e. The molecule has 39 heavy (non-hydrogen) atoms. The molecule has 1 aliphatic rings. The number of nitrogens with one attached hydrogen (secondary N) is 1. The molecule has 1 aliphatic heterocycles. The number of pyridine rings is 2. The highest BCUT2D eigenvalue weighted by Gasteiger charge is 2.35. The maximum atomic E-state index is 13.8. The maximum absolute atomic E-state index is 13.8. The highest BCUT2D eigenvalue weighted by Crippen LogP contribution is 2.38. The van der Waals surface area contributed by atoms with Crippen molar-refractivity contribution in [2.24, 2.45) is 0 Å². The molecule has 3 heterocycles. The topological polar surface area (TPSA) is 109 Å². The second kappa shape index (κ2) is 10.9. The third-order valence-electron chi connectivity index (χ3n) is 6.41. The first-order chi connectivity index (χ1) is 18.9. The molecule has 1 amide bonds. The van der Waals surface area contributed by atoms with Crippen LogP contribution in [-0.2, 0) is 29.1 Å². The lowest BCUT2D eigenvalue weighted by atomic mass is 10.0. The van der Waals surface area contributed by atoms with Crippen LogP contribution < -0.4 is 20.3 Å². The van der Waals surface area contributed by atoms with E-state index in [0.29, 0.717) is 17.5 Å². The van der Waals surface area contributed by atoms with E-state index >= 15 is 0 Å². The van der Waals surface area contributed by atoms with E-state index in [4.69, 9.17) is 14.2 Å². The Hall–Kier alpha value is -4.73. The van der Waals surface area contributed by atoms with Crippen molar-refractivity contribution < 1.29 is 28.2 Å². The fraction of sp³-hybridized carbons (Fsp3) is 0.241. The van der Waals surface area contributed by atoms with Gasteiger partial charge in [-0.1, -0.05) is 42.5 Å². The molecule has 0 saturated heterocycles. The third-order valence-corrected chi connectivity index (χ3v) is 6.41. The fourth-order valence-electron chi connectivity index (χ4n) is 4.54. The average molecular weight is 532 g/mol. The van der Waals surface area contributed by atoms with Crippen LogP contribution in [-0.4, -0.2) is 41.2 Å². The predicted molar refractivity (Wildman–Crippen MR) is 140 cm³/mol. The van der Waals surface area contributed by atoms with Gasteiger partial charge < -0.3 is 19.5 Å². The number of esters is 1. The van der Waals surface area contributed by atoms with Crippen molar-refractivity contribution in [3.63, 3.8) is 0 Å². The van der Waals surface area contributed by atoms with E-state index in [2.05, 4.69) is 10.3 Å². The zero-order chi connectivity index (χ0) is 27.5. The molecule has 2 aromatic carbocycles. The van der Waals surface area contributed by atoms with Crippen LogP contribution in [0.2, 0.25) is 0 Å². The summed E-state index contributed by atoms with van der Waals surface area (Å²) < 4.78 is 32.2. The number of nitrogens with zero attached hydrogens (tertiary/aromatic N) is 2. The molecule has 0 fully saturated rings. The Kier molecular flexibility index (Phi) is 7.27. The summed E-state index contributed by atoms with van der Waals surface area (Å²) in [6, 6.07) is 15.2. The van der Waals surface area contributed by atoms with E-state index in [0.717, 1.165) is 11.1 Å². The summed E-state index contributed by atoms with van der Waals surface area (Å²) in [6.07, 6.45) is 0.809. The van der Waals surface area contributed by atoms with Gasteiger partial charge in [-0.15, -0.1) is 0 Å². The molecule has 0 unspecified atom stereocenters. The molecule has 5 rings (SSSR count).